The van der Waals surface area contributed by atoms with Gasteiger partial charge in [0.05, 0.1) is 24.3 Å². The van der Waals surface area contributed by atoms with Gasteiger partial charge in [-0.05, 0) is 93.7 Å². The molecule has 0 atom stereocenters. The highest BCUT2D eigenvalue weighted by Gasteiger charge is 2.31. The molecule has 3 rings (SSSR count). The topological polar surface area (TPSA) is 33.0 Å². The fourth-order valence-electron chi connectivity index (χ4n) is 4.92. The van der Waals surface area contributed by atoms with Gasteiger partial charge in [0, 0.05) is 0 Å². The molecule has 0 bridgehead atoms. The molecule has 0 unspecified atom stereocenters. The highest BCUT2D eigenvalue weighted by Crippen LogP contribution is 2.43. The molecular weight excluding hydrogens is 330 g/mol. The van der Waals surface area contributed by atoms with E-state index < -0.39 is 0 Å². The van der Waals surface area contributed by atoms with Crippen LogP contribution in [0.25, 0.3) is 0 Å². The largest absolute Gasteiger partial charge is 0.374 e. The zero-order valence-electron chi connectivity index (χ0n) is 16.6. The van der Waals surface area contributed by atoms with Crippen molar-refractivity contribution in [3.05, 3.63) is 59.7 Å². The first-order chi connectivity index (χ1) is 13.3. The van der Waals surface area contributed by atoms with Crippen LogP contribution in [0.3, 0.4) is 0 Å². The molecule has 0 N–H and O–H groups in total. The number of allylic oxidation sites excluding steroid dienone is 3. The van der Waals surface area contributed by atoms with E-state index in [2.05, 4.69) is 36.4 Å². The number of nitrogens with zero attached hydrogens (tertiary/aromatic N) is 1. The molecule has 0 aromatic heterocycles. The van der Waals surface area contributed by atoms with Crippen molar-refractivity contribution < 1.29 is 4.74 Å². The normalized spacial score (nSPS) is 29.2. The molecule has 2 saturated carbocycles. The molecular formula is C25H33NO. The Balaban J connectivity index is 1.38. The van der Waals surface area contributed by atoms with Gasteiger partial charge in [-0.3, -0.25) is 0 Å². The number of benzene rings is 1. The van der Waals surface area contributed by atoms with Crippen LogP contribution >= 0.6 is 0 Å². The Kier molecular flexibility index (Phi) is 7.72. The molecule has 0 radical (unpaired) electrons. The lowest BCUT2D eigenvalue weighted by molar-refractivity contribution is 0.0223. The molecule has 144 valence electrons. The highest BCUT2D eigenvalue weighted by molar-refractivity contribution is 5.33. The Hall–Kier alpha value is -1.85. The zero-order chi connectivity index (χ0) is 18.9. The number of hydrogen-bond acceptors (Lipinski definition) is 2. The zero-order valence-corrected chi connectivity index (χ0v) is 16.6. The molecule has 2 aliphatic rings. The minimum absolute atomic E-state index is 0.464. The summed E-state index contributed by atoms with van der Waals surface area (Å²) in [4.78, 5) is 0. The fraction of sp³-hybridized carbons (Fsp3) is 0.560. The maximum Gasteiger partial charge on any atom is 0.0991 e. The lowest BCUT2D eigenvalue weighted by atomic mass is 9.69. The van der Waals surface area contributed by atoms with Gasteiger partial charge in [-0.2, -0.15) is 5.26 Å². The van der Waals surface area contributed by atoms with Gasteiger partial charge in [0.25, 0.3) is 0 Å². The van der Waals surface area contributed by atoms with E-state index in [9.17, 15) is 0 Å². The standard InChI is InChI=1S/C25H33NO/c1-2-3-4-5-18-27-25-16-14-24(15-17-25)23-12-10-22(11-13-23)21-8-6-20(19-26)7-9-21/h2-9,22-25H,10-18H2,1H3/b3-2+,5-4+. The first-order valence-corrected chi connectivity index (χ1v) is 10.7. The van der Waals surface area contributed by atoms with E-state index in [1.54, 1.807) is 0 Å². The van der Waals surface area contributed by atoms with Gasteiger partial charge in [0.15, 0.2) is 0 Å². The van der Waals surface area contributed by atoms with E-state index in [4.69, 9.17) is 10.00 Å². The van der Waals surface area contributed by atoms with Crippen LogP contribution in [-0.2, 0) is 4.74 Å². The van der Waals surface area contributed by atoms with Crippen molar-refractivity contribution in [3.63, 3.8) is 0 Å². The van der Waals surface area contributed by atoms with Crippen LogP contribution in [0.4, 0.5) is 0 Å². The van der Waals surface area contributed by atoms with E-state index in [-0.39, 0.29) is 0 Å². The van der Waals surface area contributed by atoms with Crippen LogP contribution in [0.5, 0.6) is 0 Å². The van der Waals surface area contributed by atoms with Gasteiger partial charge in [-0.1, -0.05) is 36.4 Å². The molecule has 2 aliphatic carbocycles. The number of rotatable bonds is 6. The number of ether oxygens (including phenoxy) is 1. The van der Waals surface area contributed by atoms with Gasteiger partial charge in [-0.15, -0.1) is 0 Å². The van der Waals surface area contributed by atoms with Crippen LogP contribution in [0.2, 0.25) is 0 Å². The smallest absolute Gasteiger partial charge is 0.0991 e. The van der Waals surface area contributed by atoms with Crippen molar-refractivity contribution in [3.8, 4) is 6.07 Å². The second-order valence-corrected chi connectivity index (χ2v) is 8.17. The van der Waals surface area contributed by atoms with Crippen LogP contribution in [0.15, 0.2) is 48.6 Å². The Morgan fingerprint density at radius 3 is 2.15 bits per heavy atom. The van der Waals surface area contributed by atoms with Crippen molar-refractivity contribution in [2.75, 3.05) is 6.61 Å². The summed E-state index contributed by atoms with van der Waals surface area (Å²) in [5, 5.41) is 8.95. The SMILES string of the molecule is C/C=C/C=C/COC1CCC(C2CCC(c3ccc(C#N)cc3)CC2)CC1. The van der Waals surface area contributed by atoms with Crippen LogP contribution in [0, 0.1) is 23.2 Å². The summed E-state index contributed by atoms with van der Waals surface area (Å²) in [7, 11) is 0. The third-order valence-electron chi connectivity index (χ3n) is 6.54. The summed E-state index contributed by atoms with van der Waals surface area (Å²) in [6, 6.07) is 10.5. The molecule has 27 heavy (non-hydrogen) atoms. The lowest BCUT2D eigenvalue weighted by Crippen LogP contribution is -2.28. The van der Waals surface area contributed by atoms with Crippen LogP contribution in [-0.4, -0.2) is 12.7 Å². The summed E-state index contributed by atoms with van der Waals surface area (Å²) in [6.07, 6.45) is 19.2. The van der Waals surface area contributed by atoms with Crippen molar-refractivity contribution in [1.29, 1.82) is 5.26 Å². The van der Waals surface area contributed by atoms with E-state index in [0.717, 1.165) is 24.0 Å². The number of hydrogen-bond donors (Lipinski definition) is 0. The first-order valence-electron chi connectivity index (χ1n) is 10.7. The second kappa shape index (κ2) is 10.5. The summed E-state index contributed by atoms with van der Waals surface area (Å²) in [5.74, 6) is 2.51. The van der Waals surface area contributed by atoms with Crippen molar-refractivity contribution in [1.82, 2.24) is 0 Å². The monoisotopic (exact) mass is 363 g/mol. The quantitative estimate of drug-likeness (QED) is 0.538. The minimum atomic E-state index is 0.464. The molecule has 0 spiro atoms. The number of nitriles is 1. The summed E-state index contributed by atoms with van der Waals surface area (Å²) in [6.45, 7) is 2.78. The van der Waals surface area contributed by atoms with E-state index in [0.29, 0.717) is 12.0 Å². The molecule has 0 aliphatic heterocycles. The van der Waals surface area contributed by atoms with Crippen LogP contribution < -0.4 is 0 Å². The Labute approximate surface area is 164 Å². The summed E-state index contributed by atoms with van der Waals surface area (Å²) in [5.41, 5.74) is 2.19. The molecule has 2 heteroatoms. The molecule has 2 fully saturated rings. The average molecular weight is 364 g/mol. The Morgan fingerprint density at radius 1 is 0.926 bits per heavy atom. The Bertz CT molecular complexity index is 651. The summed E-state index contributed by atoms with van der Waals surface area (Å²) < 4.78 is 6.02. The second-order valence-electron chi connectivity index (χ2n) is 8.17. The van der Waals surface area contributed by atoms with Crippen LogP contribution in [0.1, 0.15) is 75.3 Å². The van der Waals surface area contributed by atoms with Crippen molar-refractivity contribution in [2.24, 2.45) is 11.8 Å². The first kappa shape index (κ1) is 19.9. The third kappa shape index (κ3) is 5.81. The maximum absolute atomic E-state index is 8.95. The van der Waals surface area contributed by atoms with Crippen molar-refractivity contribution >= 4 is 0 Å². The molecule has 2 nitrogen and oxygen atoms in total. The van der Waals surface area contributed by atoms with Crippen molar-refractivity contribution in [2.45, 2.75) is 70.3 Å². The van der Waals surface area contributed by atoms with E-state index in [1.165, 1.54) is 56.9 Å². The van der Waals surface area contributed by atoms with Gasteiger partial charge < -0.3 is 4.74 Å². The predicted molar refractivity (Wildman–Crippen MR) is 112 cm³/mol. The van der Waals surface area contributed by atoms with Gasteiger partial charge >= 0.3 is 0 Å². The van der Waals surface area contributed by atoms with Gasteiger partial charge in [-0.25, -0.2) is 0 Å². The highest BCUT2D eigenvalue weighted by atomic mass is 16.5. The van der Waals surface area contributed by atoms with Gasteiger partial charge in [0.1, 0.15) is 0 Å². The molecule has 1 aromatic rings. The Morgan fingerprint density at radius 2 is 1.56 bits per heavy atom. The molecule has 1 aromatic carbocycles. The third-order valence-corrected chi connectivity index (χ3v) is 6.54. The van der Waals surface area contributed by atoms with E-state index >= 15 is 0 Å². The molecule has 0 heterocycles. The molecule has 0 saturated heterocycles. The lowest BCUT2D eigenvalue weighted by Gasteiger charge is -2.37. The van der Waals surface area contributed by atoms with Gasteiger partial charge in [0.2, 0.25) is 0 Å². The van der Waals surface area contributed by atoms with E-state index in [1.807, 2.05) is 25.1 Å². The summed E-state index contributed by atoms with van der Waals surface area (Å²) >= 11 is 0. The fourth-order valence-corrected chi connectivity index (χ4v) is 4.92. The predicted octanol–water partition coefficient (Wildman–Crippen LogP) is 6.54. The average Bonchev–Trinajstić information content (AvgIpc) is 2.74. The molecule has 0 amide bonds. The minimum Gasteiger partial charge on any atom is -0.374 e. The maximum atomic E-state index is 8.95.